The summed E-state index contributed by atoms with van der Waals surface area (Å²) in [5, 5.41) is 13.2. The number of β-amino-alcohol motifs (C(OH)–C–C–N with tert-alkyl or cyclic N) is 1. The quantitative estimate of drug-likeness (QED) is 0.734. The van der Waals surface area contributed by atoms with Crippen molar-refractivity contribution in [3.8, 4) is 5.88 Å². The molecular formula is C17H26N4O4. The molecule has 2 heterocycles. The maximum absolute atomic E-state index is 12.5. The van der Waals surface area contributed by atoms with Gasteiger partial charge in [-0.25, -0.2) is 4.98 Å². The molecule has 2 amide bonds. The zero-order chi connectivity index (χ0) is 18.4. The third-order valence-electron chi connectivity index (χ3n) is 4.14. The summed E-state index contributed by atoms with van der Waals surface area (Å²) >= 11 is 0. The molecule has 1 aliphatic rings. The molecule has 2 N–H and O–H groups in total. The lowest BCUT2D eigenvalue weighted by molar-refractivity contribution is -0.130. The smallest absolute Gasteiger partial charge is 0.257 e. The lowest BCUT2D eigenvalue weighted by Crippen LogP contribution is -2.55. The van der Waals surface area contributed by atoms with Crippen LogP contribution in [0.1, 0.15) is 23.7 Å². The van der Waals surface area contributed by atoms with E-state index in [0.29, 0.717) is 31.7 Å². The van der Waals surface area contributed by atoms with Gasteiger partial charge in [0.15, 0.2) is 0 Å². The molecule has 2 atom stereocenters. The first-order chi connectivity index (χ1) is 11.9. The largest absolute Gasteiger partial charge is 0.477 e. The third kappa shape index (κ3) is 5.14. The van der Waals surface area contributed by atoms with Gasteiger partial charge in [0, 0.05) is 33.4 Å². The Morgan fingerprint density at radius 2 is 2.24 bits per heavy atom. The highest BCUT2D eigenvalue weighted by atomic mass is 16.5. The van der Waals surface area contributed by atoms with E-state index in [1.54, 1.807) is 32.4 Å². The number of likely N-dealkylation sites (N-methyl/N-ethyl adjacent to an activating group) is 1. The molecule has 0 aliphatic carbocycles. The van der Waals surface area contributed by atoms with Crippen molar-refractivity contribution in [2.75, 3.05) is 40.3 Å². The summed E-state index contributed by atoms with van der Waals surface area (Å²) in [7, 11) is 3.41. The molecule has 1 aromatic rings. The molecule has 0 saturated carbocycles. The number of pyridine rings is 1. The first kappa shape index (κ1) is 19.1. The lowest BCUT2D eigenvalue weighted by atomic mass is 10.0. The summed E-state index contributed by atoms with van der Waals surface area (Å²) in [6.07, 6.45) is 1.40. The summed E-state index contributed by atoms with van der Waals surface area (Å²) in [5.41, 5.74) is 0.349. The lowest BCUT2D eigenvalue weighted by Gasteiger charge is -2.36. The Hall–Kier alpha value is -2.19. The van der Waals surface area contributed by atoms with Crippen molar-refractivity contribution in [1.29, 1.82) is 0 Å². The number of aliphatic hydroxyl groups excluding tert-OH is 1. The number of piperidine rings is 1. The number of amides is 2. The van der Waals surface area contributed by atoms with Crippen LogP contribution < -0.4 is 10.1 Å². The highest BCUT2D eigenvalue weighted by Gasteiger charge is 2.30. The van der Waals surface area contributed by atoms with Gasteiger partial charge in [0.2, 0.25) is 11.8 Å². The summed E-state index contributed by atoms with van der Waals surface area (Å²) in [6.45, 7) is 3.48. The minimum Gasteiger partial charge on any atom is -0.477 e. The monoisotopic (exact) mass is 350 g/mol. The fraction of sp³-hybridized carbons (Fsp3) is 0.588. The second-order valence-corrected chi connectivity index (χ2v) is 6.25. The molecule has 8 heteroatoms. The van der Waals surface area contributed by atoms with Crippen LogP contribution in [-0.2, 0) is 4.79 Å². The Morgan fingerprint density at radius 1 is 1.48 bits per heavy atom. The molecule has 1 aliphatic heterocycles. The Labute approximate surface area is 147 Å². The predicted octanol–water partition coefficient (Wildman–Crippen LogP) is -0.266. The molecule has 2 rings (SSSR count). The minimum absolute atomic E-state index is 0.00796. The zero-order valence-electron chi connectivity index (χ0n) is 14.9. The fourth-order valence-corrected chi connectivity index (χ4v) is 2.70. The van der Waals surface area contributed by atoms with Gasteiger partial charge in [-0.3, -0.25) is 14.5 Å². The number of nitrogens with zero attached hydrogens (tertiary/aromatic N) is 3. The molecule has 25 heavy (non-hydrogen) atoms. The highest BCUT2D eigenvalue weighted by molar-refractivity contribution is 5.96. The second kappa shape index (κ2) is 8.77. The van der Waals surface area contributed by atoms with E-state index in [1.165, 1.54) is 4.90 Å². The van der Waals surface area contributed by atoms with Crippen molar-refractivity contribution in [1.82, 2.24) is 20.1 Å². The van der Waals surface area contributed by atoms with Crippen molar-refractivity contribution < 1.29 is 19.4 Å². The molecule has 1 fully saturated rings. The topological polar surface area (TPSA) is 95.0 Å². The van der Waals surface area contributed by atoms with Gasteiger partial charge in [-0.1, -0.05) is 0 Å². The molecule has 0 spiro atoms. The summed E-state index contributed by atoms with van der Waals surface area (Å²) in [4.78, 5) is 31.7. The predicted molar refractivity (Wildman–Crippen MR) is 92.4 cm³/mol. The van der Waals surface area contributed by atoms with E-state index in [2.05, 4.69) is 10.3 Å². The van der Waals surface area contributed by atoms with Crippen molar-refractivity contribution in [2.24, 2.45) is 0 Å². The highest BCUT2D eigenvalue weighted by Crippen LogP contribution is 2.16. The van der Waals surface area contributed by atoms with Crippen LogP contribution in [0, 0.1) is 0 Å². The van der Waals surface area contributed by atoms with Gasteiger partial charge in [-0.05, 0) is 25.5 Å². The second-order valence-electron chi connectivity index (χ2n) is 6.25. The molecule has 0 radical (unpaired) electrons. The number of hydrogen-bond donors (Lipinski definition) is 2. The maximum atomic E-state index is 12.5. The number of ether oxygens (including phenoxy) is 1. The van der Waals surface area contributed by atoms with Crippen molar-refractivity contribution in [2.45, 2.75) is 25.5 Å². The van der Waals surface area contributed by atoms with Gasteiger partial charge < -0.3 is 20.1 Å². The third-order valence-corrected chi connectivity index (χ3v) is 4.14. The summed E-state index contributed by atoms with van der Waals surface area (Å²) < 4.78 is 5.37. The first-order valence-electron chi connectivity index (χ1n) is 8.41. The normalized spacial score (nSPS) is 20.8. The van der Waals surface area contributed by atoms with Gasteiger partial charge in [0.1, 0.15) is 5.56 Å². The van der Waals surface area contributed by atoms with E-state index in [9.17, 15) is 14.7 Å². The Morgan fingerprint density at radius 3 is 2.88 bits per heavy atom. The van der Waals surface area contributed by atoms with Crippen LogP contribution in [0.25, 0.3) is 0 Å². The van der Waals surface area contributed by atoms with Crippen LogP contribution >= 0.6 is 0 Å². The average molecular weight is 350 g/mol. The van der Waals surface area contributed by atoms with Gasteiger partial charge in [0.25, 0.3) is 5.91 Å². The van der Waals surface area contributed by atoms with Gasteiger partial charge in [-0.2, -0.15) is 0 Å². The molecule has 1 aromatic heterocycles. The Bertz CT molecular complexity index is 608. The summed E-state index contributed by atoms with van der Waals surface area (Å²) in [5.74, 6) is -0.0455. The zero-order valence-corrected chi connectivity index (χ0v) is 14.9. The number of carbonyl (C=O) groups is 2. The van der Waals surface area contributed by atoms with Crippen LogP contribution in [-0.4, -0.2) is 84.2 Å². The molecule has 0 bridgehead atoms. The van der Waals surface area contributed by atoms with Crippen molar-refractivity contribution in [3.63, 3.8) is 0 Å². The van der Waals surface area contributed by atoms with E-state index in [-0.39, 0.29) is 30.3 Å². The number of rotatable bonds is 6. The van der Waals surface area contributed by atoms with E-state index in [4.69, 9.17) is 4.74 Å². The number of hydrogen-bond acceptors (Lipinski definition) is 6. The molecular weight excluding hydrogens is 324 g/mol. The van der Waals surface area contributed by atoms with Crippen LogP contribution in [0.4, 0.5) is 0 Å². The number of aromatic nitrogens is 1. The molecule has 8 nitrogen and oxygen atoms in total. The molecule has 0 unspecified atom stereocenters. The summed E-state index contributed by atoms with van der Waals surface area (Å²) in [6, 6.07) is 2.95. The Balaban J connectivity index is 1.94. The molecule has 0 aromatic carbocycles. The number of likely N-dealkylation sites (tertiary alicyclic amines) is 1. The van der Waals surface area contributed by atoms with Crippen LogP contribution in [0.5, 0.6) is 5.88 Å². The van der Waals surface area contributed by atoms with Gasteiger partial charge in [0.05, 0.1) is 25.3 Å². The van der Waals surface area contributed by atoms with Crippen LogP contribution in [0.3, 0.4) is 0 Å². The number of nitrogens with one attached hydrogen (secondary N) is 1. The number of carbonyl (C=O) groups excluding carboxylic acids is 2. The van der Waals surface area contributed by atoms with Crippen LogP contribution in [0.2, 0.25) is 0 Å². The van der Waals surface area contributed by atoms with Crippen LogP contribution in [0.15, 0.2) is 18.3 Å². The van der Waals surface area contributed by atoms with Gasteiger partial charge >= 0.3 is 0 Å². The van der Waals surface area contributed by atoms with Crippen molar-refractivity contribution >= 4 is 11.8 Å². The van der Waals surface area contributed by atoms with E-state index < -0.39 is 6.10 Å². The Kier molecular flexibility index (Phi) is 6.72. The maximum Gasteiger partial charge on any atom is 0.257 e. The average Bonchev–Trinajstić information content (AvgIpc) is 2.58. The van der Waals surface area contributed by atoms with E-state index in [0.717, 1.165) is 0 Å². The van der Waals surface area contributed by atoms with E-state index >= 15 is 0 Å². The van der Waals surface area contributed by atoms with Gasteiger partial charge in [-0.15, -0.1) is 0 Å². The minimum atomic E-state index is -0.736. The molecule has 138 valence electrons. The van der Waals surface area contributed by atoms with Crippen molar-refractivity contribution in [3.05, 3.63) is 23.9 Å². The fourth-order valence-electron chi connectivity index (χ4n) is 2.70. The SMILES string of the molecule is CCOc1ncccc1C(=O)N[C@@H]1CCN(CC(=O)N(C)C)C[C@H]1O. The standard InChI is InChI=1S/C17H26N4O4/c1-4-25-17-12(6-5-8-18-17)16(24)19-13-7-9-21(10-14(13)22)11-15(23)20(2)3/h5-6,8,13-14,22H,4,7,9-11H2,1-3H3,(H,19,24)/t13-,14-/m1/s1. The number of aliphatic hydroxyl groups is 1. The molecule has 1 saturated heterocycles. The first-order valence-corrected chi connectivity index (χ1v) is 8.41. The van der Waals surface area contributed by atoms with E-state index in [1.807, 2.05) is 11.8 Å².